The Kier molecular flexibility index (Phi) is 4.65. The summed E-state index contributed by atoms with van der Waals surface area (Å²) in [5, 5.41) is 5.90. The van der Waals surface area contributed by atoms with Crippen LogP contribution in [0.25, 0.3) is 0 Å². The third-order valence-electron chi connectivity index (χ3n) is 5.85. The summed E-state index contributed by atoms with van der Waals surface area (Å²) in [7, 11) is 0. The summed E-state index contributed by atoms with van der Waals surface area (Å²) in [6, 6.07) is 7.05. The van der Waals surface area contributed by atoms with Gasteiger partial charge in [-0.15, -0.1) is 0 Å². The lowest BCUT2D eigenvalue weighted by Gasteiger charge is -2.35. The zero-order chi connectivity index (χ0) is 17.3. The van der Waals surface area contributed by atoms with Crippen LogP contribution >= 0.6 is 0 Å². The minimum atomic E-state index is -0.224. The highest BCUT2D eigenvalue weighted by Gasteiger charge is 2.44. The Hall–Kier alpha value is -1.66. The summed E-state index contributed by atoms with van der Waals surface area (Å²) < 4.78 is 18.9. The van der Waals surface area contributed by atoms with E-state index in [9.17, 15) is 9.18 Å². The zero-order valence-electron chi connectivity index (χ0n) is 14.5. The summed E-state index contributed by atoms with van der Waals surface area (Å²) in [5.41, 5.74) is 1.08. The number of ether oxygens (including phenoxy) is 1. The van der Waals surface area contributed by atoms with E-state index in [2.05, 4.69) is 15.5 Å². The van der Waals surface area contributed by atoms with Gasteiger partial charge in [0, 0.05) is 31.1 Å². The van der Waals surface area contributed by atoms with E-state index in [1.807, 2.05) is 12.1 Å². The van der Waals surface area contributed by atoms with E-state index in [1.54, 1.807) is 0 Å². The highest BCUT2D eigenvalue weighted by Crippen LogP contribution is 2.47. The molecule has 0 spiro atoms. The first-order valence-corrected chi connectivity index (χ1v) is 9.28. The molecule has 136 valence electrons. The van der Waals surface area contributed by atoms with Crippen molar-refractivity contribution in [2.75, 3.05) is 32.8 Å². The minimum absolute atomic E-state index is 0.0187. The van der Waals surface area contributed by atoms with Crippen molar-refractivity contribution in [2.24, 2.45) is 0 Å². The van der Waals surface area contributed by atoms with E-state index >= 15 is 0 Å². The van der Waals surface area contributed by atoms with Crippen molar-refractivity contribution in [2.45, 2.75) is 43.2 Å². The Morgan fingerprint density at radius 2 is 2.08 bits per heavy atom. The number of halogens is 1. The topological polar surface area (TPSA) is 53.6 Å². The predicted octanol–water partition coefficient (Wildman–Crippen LogP) is 2.02. The molecular formula is C19H26FN3O2. The van der Waals surface area contributed by atoms with Crippen LogP contribution in [-0.4, -0.2) is 55.9 Å². The largest absolute Gasteiger partial charge is 0.373 e. The molecule has 2 heterocycles. The summed E-state index contributed by atoms with van der Waals surface area (Å²) in [5.74, 6) is -0.224. The number of amides is 2. The van der Waals surface area contributed by atoms with Crippen molar-refractivity contribution < 1.29 is 13.9 Å². The van der Waals surface area contributed by atoms with Crippen molar-refractivity contribution in [3.8, 4) is 0 Å². The van der Waals surface area contributed by atoms with Gasteiger partial charge < -0.3 is 15.4 Å². The van der Waals surface area contributed by atoms with E-state index in [1.165, 1.54) is 25.0 Å². The van der Waals surface area contributed by atoms with Gasteiger partial charge in [0.15, 0.2) is 0 Å². The molecule has 2 N–H and O–H groups in total. The number of carbonyl (C=O) groups excluding carboxylic acids is 1. The molecule has 2 atom stereocenters. The number of nitrogens with one attached hydrogen (secondary N) is 2. The van der Waals surface area contributed by atoms with Crippen LogP contribution in [-0.2, 0) is 10.2 Å². The smallest absolute Gasteiger partial charge is 0.314 e. The van der Waals surface area contributed by atoms with Gasteiger partial charge >= 0.3 is 6.03 Å². The first-order chi connectivity index (χ1) is 12.1. The molecule has 0 radical (unpaired) electrons. The lowest BCUT2D eigenvalue weighted by atomic mass is 9.96. The Morgan fingerprint density at radius 1 is 1.28 bits per heavy atom. The summed E-state index contributed by atoms with van der Waals surface area (Å²) in [4.78, 5) is 14.6. The van der Waals surface area contributed by atoms with Gasteiger partial charge in [0.1, 0.15) is 5.82 Å². The van der Waals surface area contributed by atoms with Gasteiger partial charge in [-0.3, -0.25) is 4.90 Å². The number of carbonyl (C=O) groups is 1. The van der Waals surface area contributed by atoms with Crippen molar-refractivity contribution in [1.82, 2.24) is 15.5 Å². The number of nitrogens with zero attached hydrogens (tertiary/aromatic N) is 1. The second-order valence-electron chi connectivity index (χ2n) is 7.60. The van der Waals surface area contributed by atoms with E-state index in [0.29, 0.717) is 19.1 Å². The molecule has 2 amide bonds. The molecule has 1 aromatic carbocycles. The summed E-state index contributed by atoms with van der Waals surface area (Å²) >= 11 is 0. The maximum atomic E-state index is 13.1. The highest BCUT2D eigenvalue weighted by molar-refractivity contribution is 5.74. The molecule has 3 fully saturated rings. The summed E-state index contributed by atoms with van der Waals surface area (Å²) in [6.07, 6.45) is 4.61. The number of fused-ring (bicyclic) bond motifs is 1. The molecule has 0 unspecified atom stereocenters. The minimum Gasteiger partial charge on any atom is -0.373 e. The molecule has 4 rings (SSSR count). The third kappa shape index (κ3) is 3.80. The average Bonchev–Trinajstić information content (AvgIpc) is 3.27. The van der Waals surface area contributed by atoms with Crippen LogP contribution in [0.5, 0.6) is 0 Å². The van der Waals surface area contributed by atoms with Crippen molar-refractivity contribution >= 4 is 6.03 Å². The fraction of sp³-hybridized carbons (Fsp3) is 0.632. The molecule has 0 aromatic heterocycles. The molecule has 1 aliphatic carbocycles. The van der Waals surface area contributed by atoms with Gasteiger partial charge in [-0.05, 0) is 49.9 Å². The Morgan fingerprint density at radius 3 is 2.84 bits per heavy atom. The van der Waals surface area contributed by atoms with E-state index in [-0.39, 0.29) is 23.4 Å². The fourth-order valence-corrected chi connectivity index (χ4v) is 4.05. The predicted molar refractivity (Wildman–Crippen MR) is 93.0 cm³/mol. The number of hydrogen-bond donors (Lipinski definition) is 2. The molecule has 2 saturated heterocycles. The van der Waals surface area contributed by atoms with E-state index in [0.717, 1.165) is 38.1 Å². The van der Waals surface area contributed by atoms with Crippen LogP contribution in [0.2, 0.25) is 0 Å². The lowest BCUT2D eigenvalue weighted by Crippen LogP contribution is -2.51. The van der Waals surface area contributed by atoms with Gasteiger partial charge in [0.25, 0.3) is 0 Å². The number of hydrogen-bond acceptors (Lipinski definition) is 3. The molecule has 2 aliphatic heterocycles. The van der Waals surface area contributed by atoms with Crippen LogP contribution in [0.15, 0.2) is 24.3 Å². The van der Waals surface area contributed by atoms with Gasteiger partial charge in [-0.1, -0.05) is 12.1 Å². The van der Waals surface area contributed by atoms with Gasteiger partial charge in [-0.25, -0.2) is 9.18 Å². The third-order valence-corrected chi connectivity index (χ3v) is 5.85. The van der Waals surface area contributed by atoms with E-state index in [4.69, 9.17) is 4.74 Å². The Labute approximate surface area is 147 Å². The van der Waals surface area contributed by atoms with Gasteiger partial charge in [0.05, 0.1) is 12.7 Å². The van der Waals surface area contributed by atoms with E-state index < -0.39 is 0 Å². The quantitative estimate of drug-likeness (QED) is 0.857. The van der Waals surface area contributed by atoms with Crippen LogP contribution in [0, 0.1) is 5.82 Å². The molecule has 6 heteroatoms. The van der Waals surface area contributed by atoms with Crippen LogP contribution in [0.4, 0.5) is 9.18 Å². The molecule has 3 aliphatic rings. The number of urea groups is 1. The van der Waals surface area contributed by atoms with Crippen LogP contribution < -0.4 is 10.6 Å². The van der Waals surface area contributed by atoms with Crippen LogP contribution in [0.1, 0.15) is 31.2 Å². The molecular weight excluding hydrogens is 321 g/mol. The standard InChI is InChI=1S/C19H26FN3O2/c20-15-5-3-14(4-6-15)19(7-8-19)13-22-18(24)21-10-17-11-23-9-1-2-16(23)12-25-17/h3-6,16-17H,1-2,7-13H2,(H2,21,22,24)/t16-,17+/m1/s1. The van der Waals surface area contributed by atoms with Crippen molar-refractivity contribution in [3.63, 3.8) is 0 Å². The number of morpholine rings is 1. The maximum Gasteiger partial charge on any atom is 0.314 e. The SMILES string of the molecule is O=C(NC[C@H]1CN2CCC[C@@H]2CO1)NCC1(c2ccc(F)cc2)CC1. The zero-order valence-corrected chi connectivity index (χ0v) is 14.5. The monoisotopic (exact) mass is 347 g/mol. The molecule has 1 saturated carbocycles. The second kappa shape index (κ2) is 6.92. The molecule has 0 bridgehead atoms. The first kappa shape index (κ1) is 16.8. The number of benzene rings is 1. The first-order valence-electron chi connectivity index (χ1n) is 9.28. The maximum absolute atomic E-state index is 13.1. The lowest BCUT2D eigenvalue weighted by molar-refractivity contribution is -0.0457. The fourth-order valence-electron chi connectivity index (χ4n) is 4.05. The molecule has 25 heavy (non-hydrogen) atoms. The Balaban J connectivity index is 1.21. The second-order valence-corrected chi connectivity index (χ2v) is 7.60. The summed E-state index contributed by atoms with van der Waals surface area (Å²) in [6.45, 7) is 3.96. The van der Waals surface area contributed by atoms with Crippen LogP contribution in [0.3, 0.4) is 0 Å². The van der Waals surface area contributed by atoms with Gasteiger partial charge in [0.2, 0.25) is 0 Å². The molecule has 5 nitrogen and oxygen atoms in total. The average molecular weight is 347 g/mol. The molecule has 1 aromatic rings. The van der Waals surface area contributed by atoms with Gasteiger partial charge in [-0.2, -0.15) is 0 Å². The normalized spacial score (nSPS) is 27.6. The van der Waals surface area contributed by atoms with Crippen molar-refractivity contribution in [3.05, 3.63) is 35.6 Å². The van der Waals surface area contributed by atoms with Crippen molar-refractivity contribution in [1.29, 1.82) is 0 Å². The Bertz CT molecular complexity index is 618. The highest BCUT2D eigenvalue weighted by atomic mass is 19.1. The number of rotatable bonds is 5.